The molecule has 3 saturated heterocycles. The molecule has 15 heteroatoms. The van der Waals surface area contributed by atoms with Gasteiger partial charge in [-0.3, -0.25) is 4.90 Å². The van der Waals surface area contributed by atoms with E-state index in [0.29, 0.717) is 13.0 Å². The van der Waals surface area contributed by atoms with Crippen molar-refractivity contribution < 1.29 is 35.5 Å². The van der Waals surface area contributed by atoms with Crippen LogP contribution in [-0.2, 0) is 6.18 Å². The van der Waals surface area contributed by atoms with Gasteiger partial charge in [-0.25, -0.2) is 22.5 Å². The first-order chi connectivity index (χ1) is 20.4. The third-order valence-corrected chi connectivity index (χ3v) is 9.53. The average molecular weight is 627 g/mol. The molecule has 2 aromatic heterocycles. The van der Waals surface area contributed by atoms with Gasteiger partial charge in [0.25, 0.3) is 0 Å². The molecule has 43 heavy (non-hydrogen) atoms. The fourth-order valence-corrected chi connectivity index (χ4v) is 7.50. The fraction of sp³-hybridized carbons (Fsp3) is 0.464. The monoisotopic (exact) mass is 626 g/mol. The lowest BCUT2D eigenvalue weighted by Crippen LogP contribution is -2.43. The Hall–Kier alpha value is -3.46. The zero-order valence-electron chi connectivity index (χ0n) is 22.5. The van der Waals surface area contributed by atoms with Crippen LogP contribution in [0.25, 0.3) is 32.2 Å². The van der Waals surface area contributed by atoms with Crippen LogP contribution in [0.4, 0.5) is 41.7 Å². The Morgan fingerprint density at radius 3 is 2.60 bits per heavy atom. The molecule has 0 bridgehead atoms. The van der Waals surface area contributed by atoms with Gasteiger partial charge in [-0.2, -0.15) is 23.1 Å². The van der Waals surface area contributed by atoms with Gasteiger partial charge in [0.15, 0.2) is 10.9 Å². The van der Waals surface area contributed by atoms with E-state index in [-0.39, 0.29) is 77.2 Å². The van der Waals surface area contributed by atoms with Crippen LogP contribution in [0.3, 0.4) is 0 Å². The summed E-state index contributed by atoms with van der Waals surface area (Å²) in [5.41, 5.74) is 1.88. The molecule has 0 unspecified atom stereocenters. The van der Waals surface area contributed by atoms with E-state index < -0.39 is 52.3 Å². The summed E-state index contributed by atoms with van der Waals surface area (Å²) in [5, 5.41) is -0.384. The Bertz CT molecular complexity index is 1750. The topological polar surface area (TPSA) is 80.4 Å². The van der Waals surface area contributed by atoms with Crippen LogP contribution in [0.15, 0.2) is 18.2 Å². The highest BCUT2D eigenvalue weighted by Gasteiger charge is 2.49. The zero-order valence-corrected chi connectivity index (χ0v) is 23.3. The van der Waals surface area contributed by atoms with Crippen LogP contribution in [0.2, 0.25) is 0 Å². The van der Waals surface area contributed by atoms with E-state index in [0.717, 1.165) is 36.0 Å². The summed E-state index contributed by atoms with van der Waals surface area (Å²) in [4.78, 5) is 16.0. The molecule has 7 nitrogen and oxygen atoms in total. The van der Waals surface area contributed by atoms with Gasteiger partial charge in [0, 0.05) is 36.0 Å². The van der Waals surface area contributed by atoms with Crippen LogP contribution in [0.5, 0.6) is 6.01 Å². The van der Waals surface area contributed by atoms with E-state index in [1.165, 1.54) is 4.90 Å². The van der Waals surface area contributed by atoms with Gasteiger partial charge < -0.3 is 15.4 Å². The van der Waals surface area contributed by atoms with Gasteiger partial charge in [0.05, 0.1) is 27.9 Å². The van der Waals surface area contributed by atoms with E-state index >= 15 is 4.39 Å². The number of fused-ring (bicyclic) bond motifs is 3. The van der Waals surface area contributed by atoms with Crippen LogP contribution < -0.4 is 15.4 Å². The standard InChI is InChI=1S/C28H25F7N6OS/c29-13-4-7-40(10-13)24-16-8-17(28(33,34)35)19(15-2-3-18(31)23-22(15)37-25(36)43-23)20(32)21(16)38-26(39-24)42-12-27-5-1-6-41(27)11-14(30)9-27/h2-3,8,13-14H,1,4-7,9-12H2,(H2,36,37)/t13-,14+,27-/m0/s1. The first-order valence-electron chi connectivity index (χ1n) is 13.8. The molecule has 3 aliphatic rings. The number of nitrogen functional groups attached to an aromatic ring is 1. The number of hydrogen-bond acceptors (Lipinski definition) is 8. The van der Waals surface area contributed by atoms with Gasteiger partial charge >= 0.3 is 12.2 Å². The van der Waals surface area contributed by atoms with E-state index in [1.54, 1.807) is 0 Å². The molecule has 5 heterocycles. The fourth-order valence-electron chi connectivity index (χ4n) is 6.73. The van der Waals surface area contributed by atoms with Gasteiger partial charge in [-0.15, -0.1) is 0 Å². The molecule has 0 saturated carbocycles. The van der Waals surface area contributed by atoms with Crippen LogP contribution in [-0.4, -0.2) is 70.5 Å². The predicted molar refractivity (Wildman–Crippen MR) is 148 cm³/mol. The van der Waals surface area contributed by atoms with E-state index in [2.05, 4.69) is 15.0 Å². The molecule has 3 fully saturated rings. The maximum Gasteiger partial charge on any atom is 0.417 e. The SMILES string of the molecule is Nc1nc2c(-c3c(C(F)(F)F)cc4c(N5CC[C@H](F)C5)nc(OC[C@@]56CCCN5C[C@H](F)C6)nc4c3F)ccc(F)c2s1. The molecular formula is C28H25F7N6OS. The maximum absolute atomic E-state index is 16.6. The van der Waals surface area contributed by atoms with Crippen LogP contribution >= 0.6 is 11.3 Å². The van der Waals surface area contributed by atoms with E-state index in [9.17, 15) is 26.3 Å². The third-order valence-electron chi connectivity index (χ3n) is 8.64. The van der Waals surface area contributed by atoms with Crippen molar-refractivity contribution in [2.24, 2.45) is 0 Å². The summed E-state index contributed by atoms with van der Waals surface area (Å²) in [6.45, 7) is 0.939. The summed E-state index contributed by atoms with van der Waals surface area (Å²) < 4.78 is 109. The van der Waals surface area contributed by atoms with Crippen molar-refractivity contribution >= 4 is 43.4 Å². The first-order valence-corrected chi connectivity index (χ1v) is 14.6. The van der Waals surface area contributed by atoms with Gasteiger partial charge in [0.1, 0.15) is 36.1 Å². The smallest absolute Gasteiger partial charge is 0.417 e. The number of halogens is 7. The van der Waals surface area contributed by atoms with Gasteiger partial charge in [-0.05, 0) is 44.0 Å². The lowest BCUT2D eigenvalue weighted by Gasteiger charge is -2.31. The number of aromatic nitrogens is 3. The molecule has 7 rings (SSSR count). The minimum Gasteiger partial charge on any atom is -0.461 e. The summed E-state index contributed by atoms with van der Waals surface area (Å²) in [6.07, 6.45) is -5.46. The molecule has 0 amide bonds. The number of hydrogen-bond donors (Lipinski definition) is 1. The molecule has 2 aromatic carbocycles. The number of rotatable bonds is 5. The van der Waals surface area contributed by atoms with Crippen molar-refractivity contribution in [3.8, 4) is 17.1 Å². The second-order valence-corrected chi connectivity index (χ2v) is 12.4. The number of benzene rings is 2. The minimum atomic E-state index is -5.05. The van der Waals surface area contributed by atoms with Gasteiger partial charge in [-0.1, -0.05) is 11.3 Å². The van der Waals surface area contributed by atoms with Crippen molar-refractivity contribution in [3.05, 3.63) is 35.4 Å². The Labute approximate surface area is 244 Å². The molecule has 2 N–H and O–H groups in total. The van der Waals surface area contributed by atoms with Crippen molar-refractivity contribution in [2.75, 3.05) is 43.4 Å². The first kappa shape index (κ1) is 28.3. The second kappa shape index (κ2) is 10.0. The molecule has 3 aliphatic heterocycles. The summed E-state index contributed by atoms with van der Waals surface area (Å²) in [5.74, 6) is -2.21. The average Bonchev–Trinajstić information content (AvgIpc) is 3.71. The summed E-state index contributed by atoms with van der Waals surface area (Å²) in [6, 6.07) is 2.36. The minimum absolute atomic E-state index is 0.00407. The Morgan fingerprint density at radius 2 is 1.86 bits per heavy atom. The predicted octanol–water partition coefficient (Wildman–Crippen LogP) is 6.29. The number of thiazole rings is 1. The lowest BCUT2D eigenvalue weighted by molar-refractivity contribution is -0.137. The third kappa shape index (κ3) is 4.71. The van der Waals surface area contributed by atoms with Crippen molar-refractivity contribution in [3.63, 3.8) is 0 Å². The number of ether oxygens (including phenoxy) is 1. The van der Waals surface area contributed by atoms with Crippen molar-refractivity contribution in [1.29, 1.82) is 0 Å². The number of anilines is 2. The van der Waals surface area contributed by atoms with Gasteiger partial charge in [0.2, 0.25) is 0 Å². The highest BCUT2D eigenvalue weighted by molar-refractivity contribution is 7.22. The largest absolute Gasteiger partial charge is 0.461 e. The Balaban J connectivity index is 1.43. The molecule has 4 aromatic rings. The highest BCUT2D eigenvalue weighted by Crippen LogP contribution is 2.46. The van der Waals surface area contributed by atoms with Crippen molar-refractivity contribution in [1.82, 2.24) is 19.9 Å². The van der Waals surface area contributed by atoms with Crippen LogP contribution in [0.1, 0.15) is 31.2 Å². The lowest BCUT2D eigenvalue weighted by atomic mass is 9.95. The van der Waals surface area contributed by atoms with Crippen LogP contribution in [0, 0.1) is 11.6 Å². The Morgan fingerprint density at radius 1 is 1.05 bits per heavy atom. The molecule has 0 radical (unpaired) electrons. The molecule has 0 spiro atoms. The van der Waals surface area contributed by atoms with E-state index in [1.807, 2.05) is 4.90 Å². The molecular weight excluding hydrogens is 601 g/mol. The number of nitrogens with two attached hydrogens (primary N) is 1. The van der Waals surface area contributed by atoms with Crippen molar-refractivity contribution in [2.45, 2.75) is 49.7 Å². The molecule has 0 aliphatic carbocycles. The highest BCUT2D eigenvalue weighted by atomic mass is 32.1. The number of alkyl halides is 5. The Kier molecular flexibility index (Phi) is 6.61. The number of nitrogens with zero attached hydrogens (tertiary/aromatic N) is 5. The van der Waals surface area contributed by atoms with E-state index in [4.69, 9.17) is 10.5 Å². The zero-order chi connectivity index (χ0) is 30.3. The summed E-state index contributed by atoms with van der Waals surface area (Å²) >= 11 is 0.727. The quantitative estimate of drug-likeness (QED) is 0.261. The maximum atomic E-state index is 16.6. The molecule has 3 atom stereocenters. The second-order valence-electron chi connectivity index (χ2n) is 11.4. The summed E-state index contributed by atoms with van der Waals surface area (Å²) in [7, 11) is 0. The normalized spacial score (nSPS) is 24.5. The molecule has 228 valence electrons.